The molecular weight excluding hydrogens is 240 g/mol. The highest BCUT2D eigenvalue weighted by Gasteiger charge is 2.17. The summed E-state index contributed by atoms with van der Waals surface area (Å²) in [4.78, 5) is 12.0. The highest BCUT2D eigenvalue weighted by atomic mass is 16.5. The van der Waals surface area contributed by atoms with Crippen molar-refractivity contribution in [1.82, 2.24) is 5.32 Å². The number of nitrogens with one attached hydrogen (secondary N) is 1. The molecule has 0 spiro atoms. The number of amides is 1. The van der Waals surface area contributed by atoms with E-state index in [0.717, 1.165) is 30.6 Å². The summed E-state index contributed by atoms with van der Waals surface area (Å²) in [6.45, 7) is 4.02. The number of benzene rings is 1. The van der Waals surface area contributed by atoms with Crippen LogP contribution in [0.3, 0.4) is 0 Å². The number of carbonyl (C=O) groups is 1. The molecule has 0 aromatic heterocycles. The molecule has 0 fully saturated rings. The summed E-state index contributed by atoms with van der Waals surface area (Å²) >= 11 is 0. The number of ether oxygens (including phenoxy) is 1. The van der Waals surface area contributed by atoms with E-state index in [1.165, 1.54) is 0 Å². The second-order valence-corrected chi connectivity index (χ2v) is 4.72. The van der Waals surface area contributed by atoms with Crippen LogP contribution in [0.1, 0.15) is 44.7 Å². The van der Waals surface area contributed by atoms with Crippen molar-refractivity contribution < 1.29 is 9.53 Å². The van der Waals surface area contributed by atoms with Gasteiger partial charge in [0.2, 0.25) is 5.91 Å². The summed E-state index contributed by atoms with van der Waals surface area (Å²) in [5, 5.41) is 2.94. The molecule has 0 radical (unpaired) electrons. The zero-order valence-corrected chi connectivity index (χ0v) is 12.0. The molecule has 0 aliphatic rings. The third kappa shape index (κ3) is 4.56. The summed E-state index contributed by atoms with van der Waals surface area (Å²) < 4.78 is 5.29. The van der Waals surface area contributed by atoms with Crippen molar-refractivity contribution in [3.63, 3.8) is 0 Å². The van der Waals surface area contributed by atoms with Gasteiger partial charge < -0.3 is 15.8 Å². The SMILES string of the molecule is CCCC[C@H](N)C(=O)N[C@@H](C)c1ccccc1OC. The van der Waals surface area contributed by atoms with Crippen LogP contribution in [0.15, 0.2) is 24.3 Å². The molecule has 4 heteroatoms. The lowest BCUT2D eigenvalue weighted by molar-refractivity contribution is -0.123. The van der Waals surface area contributed by atoms with Crippen molar-refractivity contribution >= 4 is 5.91 Å². The minimum absolute atomic E-state index is 0.105. The molecule has 4 nitrogen and oxygen atoms in total. The molecule has 0 aliphatic heterocycles. The molecule has 0 saturated carbocycles. The first-order valence-corrected chi connectivity index (χ1v) is 6.79. The van der Waals surface area contributed by atoms with Crippen LogP contribution in [-0.4, -0.2) is 19.1 Å². The van der Waals surface area contributed by atoms with E-state index in [0.29, 0.717) is 0 Å². The summed E-state index contributed by atoms with van der Waals surface area (Å²) in [5.74, 6) is 0.671. The fourth-order valence-electron chi connectivity index (χ4n) is 1.98. The molecule has 1 aromatic rings. The Hall–Kier alpha value is -1.55. The van der Waals surface area contributed by atoms with Gasteiger partial charge in [0.25, 0.3) is 0 Å². The normalized spacial score (nSPS) is 13.7. The largest absolute Gasteiger partial charge is 0.496 e. The van der Waals surface area contributed by atoms with E-state index < -0.39 is 6.04 Å². The number of hydrogen-bond donors (Lipinski definition) is 2. The Morgan fingerprint density at radius 1 is 1.42 bits per heavy atom. The second kappa shape index (κ2) is 7.79. The lowest BCUT2D eigenvalue weighted by Gasteiger charge is -2.19. The van der Waals surface area contributed by atoms with Crippen LogP contribution in [-0.2, 0) is 4.79 Å². The van der Waals surface area contributed by atoms with Crippen LogP contribution in [0.25, 0.3) is 0 Å². The molecule has 1 amide bonds. The predicted octanol–water partition coefficient (Wildman–Crippen LogP) is 2.39. The van der Waals surface area contributed by atoms with Crippen molar-refractivity contribution in [3.8, 4) is 5.75 Å². The molecule has 0 unspecified atom stereocenters. The Labute approximate surface area is 115 Å². The zero-order chi connectivity index (χ0) is 14.3. The number of rotatable bonds is 7. The molecule has 0 aliphatic carbocycles. The Bertz CT molecular complexity index is 407. The van der Waals surface area contributed by atoms with Gasteiger partial charge in [0.15, 0.2) is 0 Å². The van der Waals surface area contributed by atoms with Gasteiger partial charge in [0, 0.05) is 5.56 Å². The van der Waals surface area contributed by atoms with Crippen LogP contribution in [0.5, 0.6) is 5.75 Å². The number of para-hydroxylation sites is 1. The maximum absolute atomic E-state index is 12.0. The van der Waals surface area contributed by atoms with Crippen molar-refractivity contribution in [1.29, 1.82) is 0 Å². The summed E-state index contributed by atoms with van der Waals surface area (Å²) in [6.07, 6.45) is 2.74. The molecule has 1 aromatic carbocycles. The molecule has 1 rings (SSSR count). The van der Waals surface area contributed by atoms with Crippen LogP contribution >= 0.6 is 0 Å². The maximum Gasteiger partial charge on any atom is 0.237 e. The van der Waals surface area contributed by atoms with E-state index in [2.05, 4.69) is 12.2 Å². The minimum atomic E-state index is -0.433. The van der Waals surface area contributed by atoms with E-state index in [4.69, 9.17) is 10.5 Å². The van der Waals surface area contributed by atoms with Crippen LogP contribution < -0.4 is 15.8 Å². The number of carbonyl (C=O) groups excluding carboxylic acids is 1. The second-order valence-electron chi connectivity index (χ2n) is 4.72. The van der Waals surface area contributed by atoms with Gasteiger partial charge in [-0.15, -0.1) is 0 Å². The van der Waals surface area contributed by atoms with E-state index in [1.54, 1.807) is 7.11 Å². The Morgan fingerprint density at radius 2 is 2.11 bits per heavy atom. The first-order chi connectivity index (χ1) is 9.10. The van der Waals surface area contributed by atoms with Crippen LogP contribution in [0.4, 0.5) is 0 Å². The Morgan fingerprint density at radius 3 is 2.74 bits per heavy atom. The monoisotopic (exact) mass is 264 g/mol. The first kappa shape index (κ1) is 15.5. The molecule has 106 valence electrons. The average molecular weight is 264 g/mol. The van der Waals surface area contributed by atoms with Crippen molar-refractivity contribution in [2.45, 2.75) is 45.2 Å². The molecule has 0 saturated heterocycles. The average Bonchev–Trinajstić information content (AvgIpc) is 2.44. The molecule has 0 bridgehead atoms. The summed E-state index contributed by atoms with van der Waals surface area (Å²) in [5.41, 5.74) is 6.82. The highest BCUT2D eigenvalue weighted by molar-refractivity contribution is 5.81. The zero-order valence-electron chi connectivity index (χ0n) is 12.0. The quantitative estimate of drug-likeness (QED) is 0.794. The van der Waals surface area contributed by atoms with Crippen molar-refractivity contribution in [2.75, 3.05) is 7.11 Å². The third-order valence-electron chi connectivity index (χ3n) is 3.17. The van der Waals surface area contributed by atoms with Gasteiger partial charge in [-0.3, -0.25) is 4.79 Å². The smallest absolute Gasteiger partial charge is 0.237 e. The lowest BCUT2D eigenvalue weighted by Crippen LogP contribution is -2.41. The van der Waals surface area contributed by atoms with Crippen molar-refractivity contribution in [2.24, 2.45) is 5.73 Å². The number of nitrogens with two attached hydrogens (primary N) is 1. The minimum Gasteiger partial charge on any atom is -0.496 e. The topological polar surface area (TPSA) is 64.4 Å². The predicted molar refractivity (Wildman–Crippen MR) is 77.1 cm³/mol. The van der Waals surface area contributed by atoms with Crippen LogP contribution in [0, 0.1) is 0 Å². The lowest BCUT2D eigenvalue weighted by atomic mass is 10.1. The third-order valence-corrected chi connectivity index (χ3v) is 3.17. The van der Waals surface area contributed by atoms with E-state index in [-0.39, 0.29) is 11.9 Å². The molecule has 2 atom stereocenters. The van der Waals surface area contributed by atoms with Crippen LogP contribution in [0.2, 0.25) is 0 Å². The fraction of sp³-hybridized carbons (Fsp3) is 0.533. The number of methoxy groups -OCH3 is 1. The summed E-state index contributed by atoms with van der Waals surface area (Å²) in [6, 6.07) is 7.12. The van der Waals surface area contributed by atoms with Gasteiger partial charge in [0.05, 0.1) is 19.2 Å². The Kier molecular flexibility index (Phi) is 6.36. The fourth-order valence-corrected chi connectivity index (χ4v) is 1.98. The molecule has 19 heavy (non-hydrogen) atoms. The number of unbranched alkanes of at least 4 members (excludes halogenated alkanes) is 1. The van der Waals surface area contributed by atoms with E-state index >= 15 is 0 Å². The molecule has 3 N–H and O–H groups in total. The van der Waals surface area contributed by atoms with Gasteiger partial charge in [-0.05, 0) is 19.4 Å². The van der Waals surface area contributed by atoms with Gasteiger partial charge in [0.1, 0.15) is 5.75 Å². The summed E-state index contributed by atoms with van der Waals surface area (Å²) in [7, 11) is 1.63. The molecular formula is C15H24N2O2. The van der Waals surface area contributed by atoms with Gasteiger partial charge >= 0.3 is 0 Å². The van der Waals surface area contributed by atoms with E-state index in [9.17, 15) is 4.79 Å². The standard InChI is InChI=1S/C15H24N2O2/c1-4-5-9-13(16)15(18)17-11(2)12-8-6-7-10-14(12)19-3/h6-8,10-11,13H,4-5,9,16H2,1-3H3,(H,17,18)/t11-,13-/m0/s1. The molecule has 0 heterocycles. The van der Waals surface area contributed by atoms with E-state index in [1.807, 2.05) is 31.2 Å². The maximum atomic E-state index is 12.0. The van der Waals surface area contributed by atoms with Gasteiger partial charge in [-0.25, -0.2) is 0 Å². The Balaban J connectivity index is 2.63. The highest BCUT2D eigenvalue weighted by Crippen LogP contribution is 2.24. The van der Waals surface area contributed by atoms with Crippen molar-refractivity contribution in [3.05, 3.63) is 29.8 Å². The van der Waals surface area contributed by atoms with Gasteiger partial charge in [-0.2, -0.15) is 0 Å². The first-order valence-electron chi connectivity index (χ1n) is 6.79. The van der Waals surface area contributed by atoms with Gasteiger partial charge in [-0.1, -0.05) is 38.0 Å². The number of hydrogen-bond acceptors (Lipinski definition) is 3.